The quantitative estimate of drug-likeness (QED) is 0.282. The van der Waals surface area contributed by atoms with Crippen LogP contribution < -0.4 is 0 Å². The van der Waals surface area contributed by atoms with Gasteiger partial charge >= 0.3 is 5.97 Å². The topological polar surface area (TPSA) is 35.5 Å². The molecule has 1 saturated heterocycles. The number of cyclic esters (lactones) is 1. The van der Waals surface area contributed by atoms with Crippen LogP contribution in [0.1, 0.15) is 103 Å². The fourth-order valence-electron chi connectivity index (χ4n) is 3.24. The minimum absolute atomic E-state index is 0.00794. The van der Waals surface area contributed by atoms with Crippen molar-refractivity contribution in [2.45, 2.75) is 109 Å². The van der Waals surface area contributed by atoms with E-state index in [1.807, 2.05) is 0 Å². The molecule has 0 aromatic heterocycles. The van der Waals surface area contributed by atoms with E-state index in [0.717, 1.165) is 12.8 Å². The van der Waals surface area contributed by atoms with Crippen molar-refractivity contribution in [1.82, 2.24) is 0 Å². The molecule has 0 aliphatic carbocycles. The normalized spacial score (nSPS) is 18.1. The Bertz CT molecular complexity index is 278. The van der Waals surface area contributed by atoms with Gasteiger partial charge in [-0.1, -0.05) is 90.4 Å². The van der Waals surface area contributed by atoms with Gasteiger partial charge in [-0.2, -0.15) is 0 Å². The van der Waals surface area contributed by atoms with E-state index in [4.69, 9.17) is 9.47 Å². The summed E-state index contributed by atoms with van der Waals surface area (Å²) >= 11 is 0. The number of ether oxygens (including phenoxy) is 2. The van der Waals surface area contributed by atoms with Crippen molar-refractivity contribution < 1.29 is 14.3 Å². The SMILES string of the molecule is CCCCCCCCCCCCCCCCC1COCC(=O)O1. The fraction of sp³-hybridized carbons (Fsp3) is 0.950. The first-order valence-corrected chi connectivity index (χ1v) is 10.1. The molecule has 1 unspecified atom stereocenters. The van der Waals surface area contributed by atoms with Crippen LogP contribution in [0.3, 0.4) is 0 Å². The fourth-order valence-corrected chi connectivity index (χ4v) is 3.24. The van der Waals surface area contributed by atoms with Crippen molar-refractivity contribution >= 4 is 5.97 Å². The number of esters is 1. The van der Waals surface area contributed by atoms with Crippen molar-refractivity contribution in [1.29, 1.82) is 0 Å². The number of rotatable bonds is 15. The molecular weight excluding hydrogens is 288 g/mol. The van der Waals surface area contributed by atoms with Gasteiger partial charge < -0.3 is 9.47 Å². The van der Waals surface area contributed by atoms with Crippen molar-refractivity contribution in [3.8, 4) is 0 Å². The minimum Gasteiger partial charge on any atom is -0.458 e. The first-order chi connectivity index (χ1) is 11.3. The molecule has 0 N–H and O–H groups in total. The molecular formula is C20H38O3. The van der Waals surface area contributed by atoms with Crippen LogP contribution in [0, 0.1) is 0 Å². The molecule has 3 nitrogen and oxygen atoms in total. The highest BCUT2D eigenvalue weighted by Gasteiger charge is 2.19. The summed E-state index contributed by atoms with van der Waals surface area (Å²) in [7, 11) is 0. The summed E-state index contributed by atoms with van der Waals surface area (Å²) in [6, 6.07) is 0. The Morgan fingerprint density at radius 2 is 1.26 bits per heavy atom. The minimum atomic E-state index is -0.202. The summed E-state index contributed by atoms with van der Waals surface area (Å²) in [5.74, 6) is -0.202. The summed E-state index contributed by atoms with van der Waals surface area (Å²) in [5, 5.41) is 0. The maximum absolute atomic E-state index is 11.1. The summed E-state index contributed by atoms with van der Waals surface area (Å²) in [4.78, 5) is 11.1. The van der Waals surface area contributed by atoms with E-state index >= 15 is 0 Å². The zero-order valence-corrected chi connectivity index (χ0v) is 15.3. The highest BCUT2D eigenvalue weighted by Crippen LogP contribution is 2.15. The first-order valence-electron chi connectivity index (χ1n) is 10.1. The second-order valence-electron chi connectivity index (χ2n) is 7.01. The predicted octanol–water partition coefficient (Wildman–Crippen LogP) is 5.80. The lowest BCUT2D eigenvalue weighted by molar-refractivity contribution is -0.170. The zero-order chi connectivity index (χ0) is 16.6. The van der Waals surface area contributed by atoms with Gasteiger partial charge in [0.05, 0.1) is 6.61 Å². The van der Waals surface area contributed by atoms with E-state index in [0.29, 0.717) is 6.61 Å². The van der Waals surface area contributed by atoms with Gasteiger partial charge in [-0.3, -0.25) is 0 Å². The standard InChI is InChI=1S/C20H38O3/c1-2-3-4-5-6-7-8-9-10-11-12-13-14-15-16-19-17-22-18-20(21)23-19/h19H,2-18H2,1H3. The van der Waals surface area contributed by atoms with Crippen LogP contribution in [0.4, 0.5) is 0 Å². The maximum atomic E-state index is 11.1. The number of hydrogen-bond acceptors (Lipinski definition) is 3. The lowest BCUT2D eigenvalue weighted by Gasteiger charge is -2.22. The van der Waals surface area contributed by atoms with Crippen molar-refractivity contribution in [2.24, 2.45) is 0 Å². The molecule has 0 saturated carbocycles. The van der Waals surface area contributed by atoms with Crippen molar-refractivity contribution in [2.75, 3.05) is 13.2 Å². The average Bonchev–Trinajstić information content (AvgIpc) is 2.55. The van der Waals surface area contributed by atoms with E-state index < -0.39 is 0 Å². The molecule has 0 amide bonds. The predicted molar refractivity (Wildman–Crippen MR) is 95.6 cm³/mol. The Balaban J connectivity index is 1.72. The number of unbranched alkanes of at least 4 members (excludes halogenated alkanes) is 13. The van der Waals surface area contributed by atoms with Crippen LogP contribution in [-0.2, 0) is 14.3 Å². The van der Waals surface area contributed by atoms with Crippen molar-refractivity contribution in [3.05, 3.63) is 0 Å². The Hall–Kier alpha value is -0.570. The largest absolute Gasteiger partial charge is 0.458 e. The molecule has 23 heavy (non-hydrogen) atoms. The molecule has 1 heterocycles. The van der Waals surface area contributed by atoms with Crippen LogP contribution in [0.5, 0.6) is 0 Å². The van der Waals surface area contributed by atoms with Gasteiger partial charge in [0, 0.05) is 0 Å². The molecule has 1 rings (SSSR count). The third-order valence-corrected chi connectivity index (χ3v) is 4.70. The Kier molecular flexibility index (Phi) is 13.3. The molecule has 1 aliphatic rings. The van der Waals surface area contributed by atoms with Crippen LogP contribution in [0.25, 0.3) is 0 Å². The molecule has 0 aromatic carbocycles. The lowest BCUT2D eigenvalue weighted by atomic mass is 10.0. The van der Waals surface area contributed by atoms with Gasteiger partial charge in [0.1, 0.15) is 12.7 Å². The van der Waals surface area contributed by atoms with Gasteiger partial charge in [0.2, 0.25) is 0 Å². The molecule has 1 fully saturated rings. The molecule has 0 spiro atoms. The third-order valence-electron chi connectivity index (χ3n) is 4.70. The third kappa shape index (κ3) is 12.5. The van der Waals surface area contributed by atoms with Gasteiger partial charge in [0.25, 0.3) is 0 Å². The Morgan fingerprint density at radius 1 is 0.783 bits per heavy atom. The molecule has 3 heteroatoms. The Labute approximate surface area is 143 Å². The molecule has 1 atom stereocenters. The number of carbonyl (C=O) groups is 1. The summed E-state index contributed by atoms with van der Waals surface area (Å²) in [6.07, 6.45) is 20.2. The van der Waals surface area contributed by atoms with Crippen LogP contribution in [0.15, 0.2) is 0 Å². The highest BCUT2D eigenvalue weighted by atomic mass is 16.6. The molecule has 0 aromatic rings. The van der Waals surface area contributed by atoms with Crippen LogP contribution >= 0.6 is 0 Å². The number of carbonyl (C=O) groups excluding carboxylic acids is 1. The van der Waals surface area contributed by atoms with Crippen LogP contribution in [0.2, 0.25) is 0 Å². The molecule has 0 radical (unpaired) electrons. The second kappa shape index (κ2) is 15.0. The van der Waals surface area contributed by atoms with Crippen molar-refractivity contribution in [3.63, 3.8) is 0 Å². The van der Waals surface area contributed by atoms with E-state index in [2.05, 4.69) is 6.92 Å². The Morgan fingerprint density at radius 3 is 1.74 bits per heavy atom. The number of hydrogen-bond donors (Lipinski definition) is 0. The lowest BCUT2D eigenvalue weighted by Crippen LogP contribution is -2.32. The van der Waals surface area contributed by atoms with Gasteiger partial charge in [-0.25, -0.2) is 4.79 Å². The van der Waals surface area contributed by atoms with Crippen LogP contribution in [-0.4, -0.2) is 25.3 Å². The smallest absolute Gasteiger partial charge is 0.332 e. The van der Waals surface area contributed by atoms with Gasteiger partial charge in [-0.15, -0.1) is 0 Å². The summed E-state index contributed by atoms with van der Waals surface area (Å²) in [5.41, 5.74) is 0. The molecule has 136 valence electrons. The highest BCUT2D eigenvalue weighted by molar-refractivity contribution is 5.71. The van der Waals surface area contributed by atoms with E-state index in [1.54, 1.807) is 0 Å². The van der Waals surface area contributed by atoms with Gasteiger partial charge in [0.15, 0.2) is 0 Å². The second-order valence-corrected chi connectivity index (χ2v) is 7.01. The molecule has 0 bridgehead atoms. The van der Waals surface area contributed by atoms with Gasteiger partial charge in [-0.05, 0) is 12.8 Å². The monoisotopic (exact) mass is 326 g/mol. The summed E-state index contributed by atoms with van der Waals surface area (Å²) in [6.45, 7) is 3.00. The van der Waals surface area contributed by atoms with E-state index in [9.17, 15) is 4.79 Å². The zero-order valence-electron chi connectivity index (χ0n) is 15.3. The average molecular weight is 327 g/mol. The van der Waals surface area contributed by atoms with E-state index in [1.165, 1.54) is 83.5 Å². The maximum Gasteiger partial charge on any atom is 0.332 e. The van der Waals surface area contributed by atoms with E-state index in [-0.39, 0.29) is 18.7 Å². The molecule has 1 aliphatic heterocycles. The first kappa shape index (κ1) is 20.5. The summed E-state index contributed by atoms with van der Waals surface area (Å²) < 4.78 is 10.4.